The van der Waals surface area contributed by atoms with Gasteiger partial charge in [-0.3, -0.25) is 29.0 Å². The van der Waals surface area contributed by atoms with Crippen molar-refractivity contribution in [1.82, 2.24) is 9.80 Å². The fourth-order valence-corrected chi connectivity index (χ4v) is 6.34. The van der Waals surface area contributed by atoms with Crippen LogP contribution in [0.4, 0.5) is 0 Å². The molecular weight excluding hydrogens is 500 g/mol. The first-order valence-electron chi connectivity index (χ1n) is 15.6. The molecule has 2 aromatic carbocycles. The second-order valence-electron chi connectivity index (χ2n) is 12.0. The minimum absolute atomic E-state index is 0.0289. The SMILES string of the molecule is CCCCCCCCN1C(=O)c2cc(C(C)C)c3c4c(cc(C)c(c24)C1=O)C(=O)N(CCCCCCCC)C3=O. The molecule has 216 valence electrons. The van der Waals surface area contributed by atoms with E-state index in [4.69, 9.17) is 0 Å². The zero-order valence-electron chi connectivity index (χ0n) is 25.2. The van der Waals surface area contributed by atoms with E-state index in [1.165, 1.54) is 48.3 Å². The van der Waals surface area contributed by atoms with Crippen molar-refractivity contribution in [2.75, 3.05) is 13.1 Å². The van der Waals surface area contributed by atoms with Crippen molar-refractivity contribution in [3.63, 3.8) is 0 Å². The van der Waals surface area contributed by atoms with E-state index in [9.17, 15) is 19.2 Å². The lowest BCUT2D eigenvalue weighted by Gasteiger charge is -2.34. The maximum absolute atomic E-state index is 13.9. The predicted octanol–water partition coefficient (Wildman–Crippen LogP) is 8.18. The van der Waals surface area contributed by atoms with Gasteiger partial charge in [0.15, 0.2) is 0 Å². The van der Waals surface area contributed by atoms with Gasteiger partial charge in [-0.25, -0.2) is 0 Å². The number of imide groups is 2. The van der Waals surface area contributed by atoms with Gasteiger partial charge in [0, 0.05) is 35.0 Å². The number of nitrogens with zero attached hydrogens (tertiary/aromatic N) is 2. The Kier molecular flexibility index (Phi) is 9.81. The quantitative estimate of drug-likeness (QED) is 0.167. The maximum Gasteiger partial charge on any atom is 0.261 e. The lowest BCUT2D eigenvalue weighted by atomic mass is 9.79. The zero-order valence-corrected chi connectivity index (χ0v) is 25.2. The van der Waals surface area contributed by atoms with Crippen LogP contribution in [-0.2, 0) is 0 Å². The van der Waals surface area contributed by atoms with E-state index in [2.05, 4.69) is 13.8 Å². The lowest BCUT2D eigenvalue weighted by molar-refractivity contribution is 0.0585. The molecule has 0 aliphatic carbocycles. The van der Waals surface area contributed by atoms with E-state index in [1.54, 1.807) is 6.07 Å². The number of benzene rings is 2. The summed E-state index contributed by atoms with van der Waals surface area (Å²) in [6.07, 6.45) is 12.8. The van der Waals surface area contributed by atoms with Crippen molar-refractivity contribution in [1.29, 1.82) is 0 Å². The minimum Gasteiger partial charge on any atom is -0.274 e. The molecule has 0 unspecified atom stereocenters. The van der Waals surface area contributed by atoms with Gasteiger partial charge in [-0.15, -0.1) is 0 Å². The van der Waals surface area contributed by atoms with Crippen LogP contribution in [0.5, 0.6) is 0 Å². The Morgan fingerprint density at radius 1 is 0.575 bits per heavy atom. The van der Waals surface area contributed by atoms with Crippen LogP contribution in [0.25, 0.3) is 10.8 Å². The maximum atomic E-state index is 13.9. The monoisotopic (exact) mass is 546 g/mol. The molecule has 6 nitrogen and oxygen atoms in total. The Labute approximate surface area is 239 Å². The van der Waals surface area contributed by atoms with Crippen LogP contribution in [0.2, 0.25) is 0 Å². The third-order valence-corrected chi connectivity index (χ3v) is 8.59. The first-order chi connectivity index (χ1) is 19.2. The molecule has 0 saturated heterocycles. The highest BCUT2D eigenvalue weighted by atomic mass is 16.2. The van der Waals surface area contributed by atoms with Gasteiger partial charge in [0.25, 0.3) is 23.6 Å². The van der Waals surface area contributed by atoms with Gasteiger partial charge in [-0.1, -0.05) is 91.9 Å². The van der Waals surface area contributed by atoms with Crippen molar-refractivity contribution < 1.29 is 19.2 Å². The fourth-order valence-electron chi connectivity index (χ4n) is 6.34. The molecule has 0 fully saturated rings. The van der Waals surface area contributed by atoms with E-state index in [-0.39, 0.29) is 29.5 Å². The number of amides is 4. The number of carbonyl (C=O) groups excluding carboxylic acids is 4. The van der Waals surface area contributed by atoms with Crippen molar-refractivity contribution in [3.05, 3.63) is 45.5 Å². The molecule has 6 heteroatoms. The smallest absolute Gasteiger partial charge is 0.261 e. The van der Waals surface area contributed by atoms with Gasteiger partial charge in [0.1, 0.15) is 0 Å². The molecule has 0 saturated carbocycles. The Bertz CT molecular complexity index is 1310. The number of aryl methyl sites for hydroxylation is 1. The Morgan fingerprint density at radius 3 is 1.50 bits per heavy atom. The summed E-state index contributed by atoms with van der Waals surface area (Å²) in [6, 6.07) is 3.60. The predicted molar refractivity (Wildman–Crippen MR) is 160 cm³/mol. The standard InChI is InChI=1S/C34H46N2O4/c1-6-8-10-12-14-16-18-35-32(38)26-21-24(22(3)4)30-29-25(20-23(5)27(28(26)29)33(35)39)31(37)36(34(30)40)19-17-15-13-11-9-7-2/h20-22H,6-19H2,1-5H3. The highest BCUT2D eigenvalue weighted by Crippen LogP contribution is 2.42. The van der Waals surface area contributed by atoms with Gasteiger partial charge in [-0.2, -0.15) is 0 Å². The molecule has 0 atom stereocenters. The summed E-state index contributed by atoms with van der Waals surface area (Å²) in [5.74, 6) is -1.27. The summed E-state index contributed by atoms with van der Waals surface area (Å²) in [4.78, 5) is 58.0. The Balaban J connectivity index is 1.71. The Morgan fingerprint density at radius 2 is 1.00 bits per heavy atom. The molecule has 4 amide bonds. The second-order valence-corrected chi connectivity index (χ2v) is 12.0. The van der Waals surface area contributed by atoms with Crippen LogP contribution in [0.3, 0.4) is 0 Å². The van der Waals surface area contributed by atoms with Gasteiger partial charge in [0.2, 0.25) is 0 Å². The van der Waals surface area contributed by atoms with Crippen LogP contribution in [0.1, 0.15) is 163 Å². The van der Waals surface area contributed by atoms with Gasteiger partial charge in [0.05, 0.1) is 11.1 Å². The molecule has 4 rings (SSSR count). The van der Waals surface area contributed by atoms with E-state index in [0.29, 0.717) is 51.7 Å². The third kappa shape index (κ3) is 5.59. The average Bonchev–Trinajstić information content (AvgIpc) is 2.92. The summed E-state index contributed by atoms with van der Waals surface area (Å²) >= 11 is 0. The average molecular weight is 547 g/mol. The van der Waals surface area contributed by atoms with Crippen LogP contribution in [0.15, 0.2) is 12.1 Å². The number of carbonyl (C=O) groups is 4. The molecular formula is C34H46N2O4. The van der Waals surface area contributed by atoms with Crippen molar-refractivity contribution in [2.24, 2.45) is 0 Å². The second kappa shape index (κ2) is 13.1. The fraction of sp³-hybridized carbons (Fsp3) is 0.588. The highest BCUT2D eigenvalue weighted by molar-refractivity contribution is 6.34. The van der Waals surface area contributed by atoms with Crippen LogP contribution in [-0.4, -0.2) is 46.5 Å². The summed E-state index contributed by atoms with van der Waals surface area (Å²) in [7, 11) is 0. The topological polar surface area (TPSA) is 74.8 Å². The molecule has 2 aliphatic heterocycles. The lowest BCUT2D eigenvalue weighted by Crippen LogP contribution is -2.44. The van der Waals surface area contributed by atoms with E-state index >= 15 is 0 Å². The molecule has 2 aliphatic rings. The van der Waals surface area contributed by atoms with Crippen LogP contribution in [0, 0.1) is 6.92 Å². The molecule has 0 N–H and O–H groups in total. The van der Waals surface area contributed by atoms with E-state index in [0.717, 1.165) is 44.1 Å². The third-order valence-electron chi connectivity index (χ3n) is 8.59. The van der Waals surface area contributed by atoms with Gasteiger partial charge in [-0.05, 0) is 48.9 Å². The molecule has 0 spiro atoms. The number of hydrogen-bond donors (Lipinski definition) is 0. The number of unbranched alkanes of at least 4 members (excludes halogenated alkanes) is 10. The summed E-state index contributed by atoms with van der Waals surface area (Å²) in [6.45, 7) is 11.0. The zero-order chi connectivity index (χ0) is 29.0. The largest absolute Gasteiger partial charge is 0.274 e. The van der Waals surface area contributed by atoms with Crippen LogP contribution < -0.4 is 0 Å². The molecule has 2 heterocycles. The van der Waals surface area contributed by atoms with Crippen molar-refractivity contribution in [3.8, 4) is 0 Å². The summed E-state index contributed by atoms with van der Waals surface area (Å²) in [5, 5.41) is 0.987. The van der Waals surface area contributed by atoms with E-state index < -0.39 is 0 Å². The molecule has 40 heavy (non-hydrogen) atoms. The molecule has 2 aromatic rings. The highest BCUT2D eigenvalue weighted by Gasteiger charge is 2.42. The number of rotatable bonds is 15. The van der Waals surface area contributed by atoms with E-state index in [1.807, 2.05) is 26.8 Å². The normalized spacial score (nSPS) is 14.8. The van der Waals surface area contributed by atoms with Gasteiger partial charge < -0.3 is 0 Å². The molecule has 0 radical (unpaired) electrons. The Hall–Kier alpha value is -3.02. The van der Waals surface area contributed by atoms with Crippen molar-refractivity contribution in [2.45, 2.75) is 118 Å². The van der Waals surface area contributed by atoms with Gasteiger partial charge >= 0.3 is 0 Å². The summed E-state index contributed by atoms with van der Waals surface area (Å²) < 4.78 is 0. The number of hydrogen-bond acceptors (Lipinski definition) is 4. The van der Waals surface area contributed by atoms with Crippen molar-refractivity contribution >= 4 is 34.4 Å². The first-order valence-corrected chi connectivity index (χ1v) is 15.6. The summed E-state index contributed by atoms with van der Waals surface area (Å²) in [5.41, 5.74) is 3.27. The molecule has 0 aromatic heterocycles. The molecule has 0 bridgehead atoms. The minimum atomic E-state index is -0.318. The van der Waals surface area contributed by atoms with Crippen LogP contribution >= 0.6 is 0 Å². The first kappa shape index (κ1) is 30.0.